The second kappa shape index (κ2) is 3.11. The van der Waals surface area contributed by atoms with Gasteiger partial charge < -0.3 is 9.80 Å². The molecule has 66 valence electrons. The van der Waals surface area contributed by atoms with Gasteiger partial charge in [0.25, 0.3) is 0 Å². The van der Waals surface area contributed by atoms with Crippen LogP contribution < -0.4 is 0 Å². The number of amides is 2. The van der Waals surface area contributed by atoms with Gasteiger partial charge in [-0.25, -0.2) is 4.79 Å². The van der Waals surface area contributed by atoms with Crippen molar-refractivity contribution in [3.05, 3.63) is 0 Å². The summed E-state index contributed by atoms with van der Waals surface area (Å²) in [5.74, 6) is 0. The highest BCUT2D eigenvalue weighted by atomic mass is 16.2. The first-order valence-electron chi connectivity index (χ1n) is 3.72. The van der Waals surface area contributed by atoms with E-state index in [0.29, 0.717) is 0 Å². The van der Waals surface area contributed by atoms with E-state index in [2.05, 4.69) is 0 Å². The first-order valence-corrected chi connectivity index (χ1v) is 3.72. The molecule has 0 radical (unpaired) electrons. The van der Waals surface area contributed by atoms with E-state index in [1.807, 2.05) is 27.8 Å². The van der Waals surface area contributed by atoms with Gasteiger partial charge in [0.05, 0.1) is 0 Å². The van der Waals surface area contributed by atoms with Crippen LogP contribution in [0.1, 0.15) is 20.8 Å². The van der Waals surface area contributed by atoms with Crippen molar-refractivity contribution in [2.45, 2.75) is 26.3 Å². The Bertz CT molecular complexity index is 147. The molecule has 0 saturated carbocycles. The topological polar surface area (TPSA) is 23.6 Å². The average Bonchev–Trinajstić information content (AvgIpc) is 1.82. The Kier molecular flexibility index (Phi) is 2.91. The number of hydrogen-bond donors (Lipinski definition) is 0. The molecule has 3 nitrogen and oxygen atoms in total. The van der Waals surface area contributed by atoms with Crippen LogP contribution >= 0.6 is 0 Å². The lowest BCUT2D eigenvalue weighted by Crippen LogP contribution is -2.47. The van der Waals surface area contributed by atoms with Crippen molar-refractivity contribution in [2.75, 3.05) is 21.1 Å². The average molecular weight is 158 g/mol. The Morgan fingerprint density at radius 1 is 1.09 bits per heavy atom. The van der Waals surface area contributed by atoms with Crippen LogP contribution in [0.5, 0.6) is 0 Å². The van der Waals surface area contributed by atoms with Crippen LogP contribution in [-0.4, -0.2) is 42.5 Å². The molecular weight excluding hydrogens is 140 g/mol. The van der Waals surface area contributed by atoms with E-state index in [4.69, 9.17) is 0 Å². The number of hydrogen-bond acceptors (Lipinski definition) is 1. The van der Waals surface area contributed by atoms with Crippen LogP contribution in [0.15, 0.2) is 0 Å². The van der Waals surface area contributed by atoms with E-state index in [0.717, 1.165) is 0 Å². The fraction of sp³-hybridized carbons (Fsp3) is 0.875. The van der Waals surface area contributed by atoms with Crippen molar-refractivity contribution in [2.24, 2.45) is 0 Å². The lowest BCUT2D eigenvalue weighted by atomic mass is 10.1. The minimum Gasteiger partial charge on any atom is -0.331 e. The van der Waals surface area contributed by atoms with Crippen LogP contribution in [0.3, 0.4) is 0 Å². The summed E-state index contributed by atoms with van der Waals surface area (Å²) < 4.78 is 0. The molecule has 11 heavy (non-hydrogen) atoms. The van der Waals surface area contributed by atoms with Crippen LogP contribution in [0.2, 0.25) is 0 Å². The highest BCUT2D eigenvalue weighted by Crippen LogP contribution is 2.11. The fourth-order valence-corrected chi connectivity index (χ4v) is 0.587. The molecule has 0 unspecified atom stereocenters. The Morgan fingerprint density at radius 3 is 1.55 bits per heavy atom. The smallest absolute Gasteiger partial charge is 0.319 e. The zero-order valence-electron chi connectivity index (χ0n) is 8.30. The maximum atomic E-state index is 11.3. The zero-order chi connectivity index (χ0) is 9.23. The summed E-state index contributed by atoms with van der Waals surface area (Å²) >= 11 is 0. The van der Waals surface area contributed by atoms with Crippen molar-refractivity contribution in [1.82, 2.24) is 9.80 Å². The van der Waals surface area contributed by atoms with E-state index in [1.165, 1.54) is 0 Å². The van der Waals surface area contributed by atoms with Gasteiger partial charge in [-0.3, -0.25) is 0 Å². The Hall–Kier alpha value is -0.730. The highest BCUT2D eigenvalue weighted by Gasteiger charge is 2.22. The minimum atomic E-state index is -0.0959. The molecule has 0 spiro atoms. The van der Waals surface area contributed by atoms with Gasteiger partial charge in [0.1, 0.15) is 0 Å². The monoisotopic (exact) mass is 158 g/mol. The van der Waals surface area contributed by atoms with Gasteiger partial charge >= 0.3 is 6.03 Å². The SMILES string of the molecule is CN(C)C(=O)N(C)C(C)(C)C. The first-order chi connectivity index (χ1) is 4.76. The molecule has 2 amide bonds. The Labute approximate surface area is 69.0 Å². The lowest BCUT2D eigenvalue weighted by Gasteiger charge is -2.33. The Morgan fingerprint density at radius 2 is 1.45 bits per heavy atom. The van der Waals surface area contributed by atoms with E-state index < -0.39 is 0 Å². The molecule has 0 fully saturated rings. The summed E-state index contributed by atoms with van der Waals surface area (Å²) in [5.41, 5.74) is -0.0959. The van der Waals surface area contributed by atoms with E-state index >= 15 is 0 Å². The quantitative estimate of drug-likeness (QED) is 0.522. The van der Waals surface area contributed by atoms with Crippen LogP contribution in [0, 0.1) is 0 Å². The molecule has 0 atom stereocenters. The summed E-state index contributed by atoms with van der Waals surface area (Å²) in [7, 11) is 5.32. The fourth-order valence-electron chi connectivity index (χ4n) is 0.587. The summed E-state index contributed by atoms with van der Waals surface area (Å²) in [6, 6.07) is 0.0394. The number of carbonyl (C=O) groups is 1. The maximum Gasteiger partial charge on any atom is 0.319 e. The third-order valence-electron chi connectivity index (χ3n) is 1.68. The molecule has 0 heterocycles. The standard InChI is InChI=1S/C8H18N2O/c1-8(2,3)10(6)7(11)9(4)5/h1-6H3. The molecule has 0 rings (SSSR count). The molecule has 0 aliphatic carbocycles. The number of urea groups is 1. The van der Waals surface area contributed by atoms with Crippen molar-refractivity contribution >= 4 is 6.03 Å². The van der Waals surface area contributed by atoms with Crippen molar-refractivity contribution in [1.29, 1.82) is 0 Å². The molecular formula is C8H18N2O. The van der Waals surface area contributed by atoms with E-state index in [-0.39, 0.29) is 11.6 Å². The molecule has 0 aliphatic rings. The normalized spacial score (nSPS) is 11.1. The van der Waals surface area contributed by atoms with E-state index in [1.54, 1.807) is 23.9 Å². The minimum absolute atomic E-state index is 0.0394. The number of carbonyl (C=O) groups excluding carboxylic acids is 1. The highest BCUT2D eigenvalue weighted by molar-refractivity contribution is 5.74. The number of rotatable bonds is 0. The summed E-state index contributed by atoms with van der Waals surface area (Å²) in [6.45, 7) is 6.02. The predicted molar refractivity (Wildman–Crippen MR) is 46.6 cm³/mol. The van der Waals surface area contributed by atoms with Gasteiger partial charge in [0, 0.05) is 26.7 Å². The number of nitrogens with zero attached hydrogens (tertiary/aromatic N) is 2. The third kappa shape index (κ3) is 2.78. The molecule has 0 bridgehead atoms. The Balaban J connectivity index is 4.26. The summed E-state index contributed by atoms with van der Waals surface area (Å²) in [6.07, 6.45) is 0. The van der Waals surface area contributed by atoms with Gasteiger partial charge in [-0.1, -0.05) is 0 Å². The molecule has 0 saturated heterocycles. The van der Waals surface area contributed by atoms with Crippen LogP contribution in [-0.2, 0) is 0 Å². The molecule has 0 N–H and O–H groups in total. The lowest BCUT2D eigenvalue weighted by molar-refractivity contribution is 0.141. The van der Waals surface area contributed by atoms with Gasteiger partial charge in [-0.15, -0.1) is 0 Å². The second-order valence-corrected chi connectivity index (χ2v) is 3.91. The summed E-state index contributed by atoms with van der Waals surface area (Å²) in [4.78, 5) is 14.6. The largest absolute Gasteiger partial charge is 0.331 e. The molecule has 3 heteroatoms. The maximum absolute atomic E-state index is 11.3. The molecule has 0 aliphatic heterocycles. The molecule has 0 aromatic heterocycles. The van der Waals surface area contributed by atoms with Crippen molar-refractivity contribution < 1.29 is 4.79 Å². The van der Waals surface area contributed by atoms with Crippen molar-refractivity contribution in [3.63, 3.8) is 0 Å². The van der Waals surface area contributed by atoms with E-state index in [9.17, 15) is 4.79 Å². The zero-order valence-corrected chi connectivity index (χ0v) is 8.30. The van der Waals surface area contributed by atoms with Gasteiger partial charge in [-0.2, -0.15) is 0 Å². The molecule has 0 aromatic rings. The summed E-state index contributed by atoms with van der Waals surface area (Å²) in [5, 5.41) is 0. The third-order valence-corrected chi connectivity index (χ3v) is 1.68. The van der Waals surface area contributed by atoms with Gasteiger partial charge in [-0.05, 0) is 20.8 Å². The molecule has 0 aromatic carbocycles. The van der Waals surface area contributed by atoms with Gasteiger partial charge in [0.2, 0.25) is 0 Å². The predicted octanol–water partition coefficient (Wildman–Crippen LogP) is 1.40. The second-order valence-electron chi connectivity index (χ2n) is 3.91. The first kappa shape index (κ1) is 10.3. The van der Waals surface area contributed by atoms with Gasteiger partial charge in [0.15, 0.2) is 0 Å². The van der Waals surface area contributed by atoms with Crippen molar-refractivity contribution in [3.8, 4) is 0 Å². The van der Waals surface area contributed by atoms with Crippen LogP contribution in [0.25, 0.3) is 0 Å². The van der Waals surface area contributed by atoms with Crippen LogP contribution in [0.4, 0.5) is 4.79 Å².